The lowest BCUT2D eigenvalue weighted by atomic mass is 9.89. The van der Waals surface area contributed by atoms with Crippen LogP contribution in [0.5, 0.6) is 5.75 Å². The number of benzene rings is 1. The van der Waals surface area contributed by atoms with Gasteiger partial charge in [-0.2, -0.15) is 4.98 Å². The lowest BCUT2D eigenvalue weighted by Gasteiger charge is -2.47. The fourth-order valence-electron chi connectivity index (χ4n) is 7.49. The highest BCUT2D eigenvalue weighted by atomic mass is 16.5. The van der Waals surface area contributed by atoms with Gasteiger partial charge in [-0.3, -0.25) is 9.69 Å². The number of anilines is 4. The van der Waals surface area contributed by atoms with Crippen LogP contribution in [0, 0.1) is 5.92 Å². The summed E-state index contributed by atoms with van der Waals surface area (Å²) < 4.78 is 5.69. The van der Waals surface area contributed by atoms with E-state index in [0.29, 0.717) is 29.0 Å². The molecule has 0 spiro atoms. The Morgan fingerprint density at radius 3 is 2.47 bits per heavy atom. The standard InChI is InChI=1S/C34H52N8O3/c1-6-28-33(44)39(4)29-20-35-34(38-31(29)42(28)22(2)3)37-27-14-9-24(19-30(27)45-5)32(43)36-25-10-12-26(13-11-25)41-17-15-40(16-18-41)21-23-7-8-23/h9,14,19-20,22-23,25-26,28,33,44H,6-8,10-13,15-18,21H2,1-5H3,(H,36,43)(H,35,37,38)/t25?,26?,28-,33?/m1/s1. The van der Waals surface area contributed by atoms with Gasteiger partial charge in [-0.25, -0.2) is 4.98 Å². The van der Waals surface area contributed by atoms with Gasteiger partial charge in [0.15, 0.2) is 5.82 Å². The number of ether oxygens (including phenoxy) is 1. The van der Waals surface area contributed by atoms with Gasteiger partial charge in [-0.1, -0.05) is 6.92 Å². The summed E-state index contributed by atoms with van der Waals surface area (Å²) in [6.07, 6.45) is 9.06. The Morgan fingerprint density at radius 2 is 1.82 bits per heavy atom. The first-order valence-corrected chi connectivity index (χ1v) is 17.0. The van der Waals surface area contributed by atoms with E-state index < -0.39 is 6.23 Å². The molecule has 0 radical (unpaired) electrons. The van der Waals surface area contributed by atoms with Crippen molar-refractivity contribution < 1.29 is 14.6 Å². The van der Waals surface area contributed by atoms with Crippen LogP contribution in [0.3, 0.4) is 0 Å². The number of aliphatic hydroxyl groups excluding tert-OH is 1. The predicted octanol–water partition coefficient (Wildman–Crippen LogP) is 4.06. The van der Waals surface area contributed by atoms with E-state index >= 15 is 0 Å². The van der Waals surface area contributed by atoms with Crippen LogP contribution in [0.4, 0.5) is 23.1 Å². The number of aliphatic hydroxyl groups is 1. The molecular weight excluding hydrogens is 568 g/mol. The molecule has 3 N–H and O–H groups in total. The first-order valence-electron chi connectivity index (χ1n) is 17.0. The lowest BCUT2D eigenvalue weighted by molar-refractivity contribution is 0.0694. The van der Waals surface area contributed by atoms with Gasteiger partial charge in [0.05, 0.1) is 25.0 Å². The second kappa shape index (κ2) is 13.7. The molecule has 2 aromatic rings. The minimum absolute atomic E-state index is 0.0678. The maximum Gasteiger partial charge on any atom is 0.251 e. The van der Waals surface area contributed by atoms with Crippen LogP contribution in [0.15, 0.2) is 24.4 Å². The van der Waals surface area contributed by atoms with Crippen LogP contribution in [0.1, 0.15) is 76.1 Å². The van der Waals surface area contributed by atoms with Crippen LogP contribution in [0.25, 0.3) is 0 Å². The van der Waals surface area contributed by atoms with Crippen molar-refractivity contribution in [1.82, 2.24) is 25.1 Å². The molecule has 1 aromatic heterocycles. The molecule has 45 heavy (non-hydrogen) atoms. The maximum absolute atomic E-state index is 13.3. The molecule has 11 nitrogen and oxygen atoms in total. The SMILES string of the molecule is CC[C@@H]1C(O)N(C)c2cnc(Nc3ccc(C(=O)NC4CCC(N5CCN(CC6CC6)CC5)CC4)cc3OC)nc2N1C(C)C. The van der Waals surface area contributed by atoms with Gasteiger partial charge < -0.3 is 35.2 Å². The summed E-state index contributed by atoms with van der Waals surface area (Å²) in [6, 6.07) is 6.35. The van der Waals surface area contributed by atoms with Crippen molar-refractivity contribution in [3.63, 3.8) is 0 Å². The van der Waals surface area contributed by atoms with Gasteiger partial charge in [0.1, 0.15) is 17.7 Å². The van der Waals surface area contributed by atoms with Crippen LogP contribution in [0.2, 0.25) is 0 Å². The van der Waals surface area contributed by atoms with E-state index in [1.165, 1.54) is 45.6 Å². The number of piperazine rings is 1. The highest BCUT2D eigenvalue weighted by Gasteiger charge is 2.38. The van der Waals surface area contributed by atoms with Crippen LogP contribution in [-0.2, 0) is 0 Å². The Bertz CT molecular complexity index is 1320. The van der Waals surface area contributed by atoms with Crippen molar-refractivity contribution in [2.24, 2.45) is 5.92 Å². The Labute approximate surface area is 268 Å². The first kappa shape index (κ1) is 31.8. The van der Waals surface area contributed by atoms with Crippen LogP contribution in [-0.4, -0.2) is 108 Å². The van der Waals surface area contributed by atoms with E-state index in [-0.39, 0.29) is 24.0 Å². The Morgan fingerprint density at radius 1 is 1.09 bits per heavy atom. The highest BCUT2D eigenvalue weighted by Crippen LogP contribution is 2.39. The molecule has 0 bridgehead atoms. The summed E-state index contributed by atoms with van der Waals surface area (Å²) in [7, 11) is 3.47. The number of likely N-dealkylation sites (N-methyl/N-ethyl adjacent to an activating group) is 1. The number of aromatic nitrogens is 2. The molecule has 1 amide bonds. The number of rotatable bonds is 10. The predicted molar refractivity (Wildman–Crippen MR) is 179 cm³/mol. The summed E-state index contributed by atoms with van der Waals surface area (Å²) in [4.78, 5) is 32.0. The smallest absolute Gasteiger partial charge is 0.251 e. The van der Waals surface area contributed by atoms with Crippen molar-refractivity contribution in [1.29, 1.82) is 0 Å². The number of hydrogen-bond donors (Lipinski definition) is 3. The van der Waals surface area contributed by atoms with Gasteiger partial charge in [0.2, 0.25) is 5.95 Å². The fourth-order valence-corrected chi connectivity index (χ4v) is 7.49. The molecule has 2 saturated carbocycles. The largest absolute Gasteiger partial charge is 0.495 e. The number of amides is 1. The molecule has 2 aliphatic heterocycles. The molecule has 1 saturated heterocycles. The zero-order valence-electron chi connectivity index (χ0n) is 27.7. The molecule has 246 valence electrons. The van der Waals surface area contributed by atoms with E-state index in [0.717, 1.165) is 49.5 Å². The third-order valence-corrected chi connectivity index (χ3v) is 10.3. The fraction of sp³-hybridized carbons (Fsp3) is 0.676. The van der Waals surface area contributed by atoms with Gasteiger partial charge in [-0.15, -0.1) is 0 Å². The highest BCUT2D eigenvalue weighted by molar-refractivity contribution is 5.95. The summed E-state index contributed by atoms with van der Waals surface area (Å²) in [5.41, 5.74) is 2.04. The van der Waals surface area contributed by atoms with Gasteiger partial charge in [-0.05, 0) is 82.9 Å². The number of nitrogens with zero attached hydrogens (tertiary/aromatic N) is 6. The number of methoxy groups -OCH3 is 1. The van der Waals surface area contributed by atoms with Gasteiger partial charge in [0, 0.05) is 63.5 Å². The first-order chi connectivity index (χ1) is 21.7. The van der Waals surface area contributed by atoms with E-state index in [9.17, 15) is 9.90 Å². The summed E-state index contributed by atoms with van der Waals surface area (Å²) in [5, 5.41) is 17.5. The van der Waals surface area contributed by atoms with Crippen molar-refractivity contribution in [2.75, 3.05) is 62.0 Å². The summed E-state index contributed by atoms with van der Waals surface area (Å²) in [5.74, 6) is 2.66. The Kier molecular flexibility index (Phi) is 9.68. The van der Waals surface area contributed by atoms with E-state index in [2.05, 4.69) is 51.1 Å². The molecule has 6 rings (SSSR count). The second-order valence-electron chi connectivity index (χ2n) is 13.7. The number of carbonyl (C=O) groups excluding carboxylic acids is 1. The Balaban J connectivity index is 1.05. The minimum atomic E-state index is -0.640. The summed E-state index contributed by atoms with van der Waals surface area (Å²) >= 11 is 0. The van der Waals surface area contributed by atoms with E-state index in [1.807, 2.05) is 24.1 Å². The molecule has 3 heterocycles. The quantitative estimate of drug-likeness (QED) is 0.360. The molecule has 1 aromatic carbocycles. The lowest BCUT2D eigenvalue weighted by Crippen LogP contribution is -2.57. The third-order valence-electron chi connectivity index (χ3n) is 10.3. The Hall–Kier alpha value is -3.15. The zero-order chi connectivity index (χ0) is 31.7. The number of fused-ring (bicyclic) bond motifs is 1. The molecule has 11 heteroatoms. The topological polar surface area (TPSA) is 109 Å². The molecular formula is C34H52N8O3. The molecule has 1 unspecified atom stereocenters. The second-order valence-corrected chi connectivity index (χ2v) is 13.7. The zero-order valence-corrected chi connectivity index (χ0v) is 27.7. The summed E-state index contributed by atoms with van der Waals surface area (Å²) in [6.45, 7) is 12.4. The van der Waals surface area contributed by atoms with Crippen molar-refractivity contribution in [2.45, 2.75) is 96.1 Å². The average molecular weight is 621 g/mol. The van der Waals surface area contributed by atoms with Crippen LogP contribution >= 0.6 is 0 Å². The molecule has 4 aliphatic rings. The minimum Gasteiger partial charge on any atom is -0.495 e. The van der Waals surface area contributed by atoms with E-state index in [1.54, 1.807) is 19.4 Å². The third kappa shape index (κ3) is 7.00. The average Bonchev–Trinajstić information content (AvgIpc) is 3.87. The van der Waals surface area contributed by atoms with E-state index in [4.69, 9.17) is 9.72 Å². The monoisotopic (exact) mass is 620 g/mol. The number of nitrogens with one attached hydrogen (secondary N) is 2. The van der Waals surface area contributed by atoms with Crippen molar-refractivity contribution in [3.8, 4) is 5.75 Å². The van der Waals surface area contributed by atoms with Gasteiger partial charge >= 0.3 is 0 Å². The molecule has 2 atom stereocenters. The van der Waals surface area contributed by atoms with Crippen molar-refractivity contribution in [3.05, 3.63) is 30.0 Å². The molecule has 2 aliphatic carbocycles. The van der Waals surface area contributed by atoms with Gasteiger partial charge in [0.25, 0.3) is 5.91 Å². The number of hydrogen-bond acceptors (Lipinski definition) is 10. The maximum atomic E-state index is 13.3. The number of carbonyl (C=O) groups is 1. The van der Waals surface area contributed by atoms with Crippen LogP contribution < -0.4 is 25.2 Å². The molecule has 3 fully saturated rings. The normalized spacial score (nSPS) is 26.1. The van der Waals surface area contributed by atoms with Crippen molar-refractivity contribution >= 4 is 29.0 Å².